The summed E-state index contributed by atoms with van der Waals surface area (Å²) in [5.74, 6) is -1.21. The summed E-state index contributed by atoms with van der Waals surface area (Å²) in [6.45, 7) is -2.97. The molecular weight excluding hydrogens is 442 g/mol. The minimum absolute atomic E-state index is 0.0305. The molecule has 3 aromatic carbocycles. The Morgan fingerprint density at radius 2 is 1.75 bits per heavy atom. The third-order valence-corrected chi connectivity index (χ3v) is 5.32. The molecule has 164 valence electrons. The van der Waals surface area contributed by atoms with Gasteiger partial charge in [0.05, 0.1) is 22.7 Å². The Morgan fingerprint density at radius 1 is 1.06 bits per heavy atom. The molecule has 0 saturated heterocycles. The normalized spacial score (nSPS) is 11.2. The van der Waals surface area contributed by atoms with Crippen molar-refractivity contribution in [2.45, 2.75) is 19.5 Å². The molecule has 0 aliphatic carbocycles. The number of aryl methyl sites for hydroxylation is 1. The van der Waals surface area contributed by atoms with E-state index in [1.165, 1.54) is 12.1 Å². The molecule has 0 atom stereocenters. The summed E-state index contributed by atoms with van der Waals surface area (Å²) in [5.41, 5.74) is 4.06. The highest BCUT2D eigenvalue weighted by Crippen LogP contribution is 2.36. The molecule has 0 radical (unpaired) electrons. The Bertz CT molecular complexity index is 1290. The van der Waals surface area contributed by atoms with E-state index in [2.05, 4.69) is 14.9 Å². The number of ether oxygens (including phenoxy) is 1. The second kappa shape index (κ2) is 8.84. The topological polar surface area (TPSA) is 95.4 Å². The van der Waals surface area contributed by atoms with Gasteiger partial charge in [-0.15, -0.1) is 0 Å². The highest BCUT2D eigenvalue weighted by atomic mass is 35.5. The van der Waals surface area contributed by atoms with Crippen molar-refractivity contribution in [3.8, 4) is 33.8 Å². The predicted octanol–water partition coefficient (Wildman–Crippen LogP) is 5.87. The monoisotopic (exact) mass is 458 g/mol. The maximum atomic E-state index is 12.3. The van der Waals surface area contributed by atoms with Gasteiger partial charge in [-0.25, -0.2) is 0 Å². The van der Waals surface area contributed by atoms with E-state index in [4.69, 9.17) is 16.7 Å². The number of aromatic amines is 1. The molecule has 9 heteroatoms. The number of benzene rings is 3. The van der Waals surface area contributed by atoms with E-state index in [0.717, 1.165) is 22.6 Å². The smallest absolute Gasteiger partial charge is 0.387 e. The largest absolute Gasteiger partial charge is 0.507 e. The fraction of sp³-hybridized carbons (Fsp3) is 0.130. The maximum Gasteiger partial charge on any atom is 0.387 e. The zero-order valence-corrected chi connectivity index (χ0v) is 17.2. The van der Waals surface area contributed by atoms with Crippen molar-refractivity contribution in [2.24, 2.45) is 0 Å². The molecule has 32 heavy (non-hydrogen) atoms. The van der Waals surface area contributed by atoms with Crippen LogP contribution in [0.15, 0.2) is 54.6 Å². The minimum atomic E-state index is -2.97. The van der Waals surface area contributed by atoms with Gasteiger partial charge in [0.1, 0.15) is 11.5 Å². The third kappa shape index (κ3) is 4.50. The van der Waals surface area contributed by atoms with Crippen molar-refractivity contribution >= 4 is 28.5 Å². The van der Waals surface area contributed by atoms with Gasteiger partial charge in [0.2, 0.25) is 0 Å². The van der Waals surface area contributed by atoms with E-state index < -0.39 is 12.6 Å². The Hall–Kier alpha value is -3.65. The number of aliphatic carboxylic acids is 1. The number of hydrogen-bond donors (Lipinski definition) is 3. The lowest BCUT2D eigenvalue weighted by atomic mass is 9.98. The van der Waals surface area contributed by atoms with Crippen molar-refractivity contribution < 1.29 is 28.5 Å². The summed E-state index contributed by atoms with van der Waals surface area (Å²) < 4.78 is 29.0. The summed E-state index contributed by atoms with van der Waals surface area (Å²) in [5, 5.41) is 27.5. The van der Waals surface area contributed by atoms with Crippen molar-refractivity contribution in [3.63, 3.8) is 0 Å². The first-order valence-electron chi connectivity index (χ1n) is 9.59. The van der Waals surface area contributed by atoms with Crippen LogP contribution in [-0.4, -0.2) is 33.0 Å². The van der Waals surface area contributed by atoms with Crippen LogP contribution in [0.3, 0.4) is 0 Å². The first-order valence-corrected chi connectivity index (χ1v) is 9.96. The fourth-order valence-electron chi connectivity index (χ4n) is 3.49. The molecule has 1 aromatic heterocycles. The number of aromatic hydroxyl groups is 1. The molecule has 3 N–H and O–H groups in total. The van der Waals surface area contributed by atoms with Crippen LogP contribution >= 0.6 is 11.6 Å². The quantitative estimate of drug-likeness (QED) is 0.321. The summed E-state index contributed by atoms with van der Waals surface area (Å²) in [4.78, 5) is 10.9. The number of phenolic OH excluding ortho intramolecular Hbond substituents is 1. The molecule has 0 unspecified atom stereocenters. The van der Waals surface area contributed by atoms with Crippen LogP contribution in [-0.2, 0) is 11.2 Å². The summed E-state index contributed by atoms with van der Waals surface area (Å²) in [6.07, 6.45) is 0.261. The van der Waals surface area contributed by atoms with E-state index >= 15 is 0 Å². The average molecular weight is 459 g/mol. The lowest BCUT2D eigenvalue weighted by molar-refractivity contribution is -0.136. The van der Waals surface area contributed by atoms with Gasteiger partial charge in [-0.3, -0.25) is 9.89 Å². The number of rotatable bonds is 7. The Balaban J connectivity index is 1.64. The number of aromatic nitrogens is 2. The van der Waals surface area contributed by atoms with E-state index in [1.54, 1.807) is 18.2 Å². The fourth-order valence-corrected chi connectivity index (χ4v) is 3.76. The van der Waals surface area contributed by atoms with Crippen LogP contribution in [0.25, 0.3) is 33.2 Å². The van der Waals surface area contributed by atoms with Crippen molar-refractivity contribution in [1.29, 1.82) is 0 Å². The number of hydrogen-bond acceptors (Lipinski definition) is 4. The number of carboxylic acids is 1. The highest BCUT2D eigenvalue weighted by molar-refractivity contribution is 6.34. The van der Waals surface area contributed by atoms with Crippen molar-refractivity contribution in [2.75, 3.05) is 0 Å². The zero-order valence-electron chi connectivity index (χ0n) is 16.5. The number of nitrogens with one attached hydrogen (secondary N) is 1. The second-order valence-corrected chi connectivity index (χ2v) is 7.48. The number of alkyl halides is 2. The molecule has 0 bridgehead atoms. The summed E-state index contributed by atoms with van der Waals surface area (Å²) in [6, 6.07) is 14.8. The van der Waals surface area contributed by atoms with Gasteiger partial charge in [0.15, 0.2) is 0 Å². The van der Waals surface area contributed by atoms with Crippen LogP contribution in [0, 0.1) is 0 Å². The maximum absolute atomic E-state index is 12.3. The van der Waals surface area contributed by atoms with Crippen LogP contribution in [0.1, 0.15) is 12.1 Å². The molecule has 0 saturated carbocycles. The standard InChI is InChI=1S/C23H17ClF2N2O4/c24-18-11-20-17(19(27-28-20)7-8-22(30)31)10-16(18)13-3-1-12(2-4-13)15-6-5-14(9-21(15)29)32-23(25)26/h1-6,9-11,23,29H,7-8H2,(H,27,28)(H,30,31). The van der Waals surface area contributed by atoms with Gasteiger partial charge < -0.3 is 14.9 Å². The second-order valence-electron chi connectivity index (χ2n) is 7.08. The van der Waals surface area contributed by atoms with E-state index in [-0.39, 0.29) is 17.9 Å². The molecule has 1 heterocycles. The number of H-pyrrole nitrogens is 1. The average Bonchev–Trinajstić information content (AvgIpc) is 3.13. The molecule has 0 amide bonds. The molecule has 0 spiro atoms. The Labute approximate surface area is 186 Å². The van der Waals surface area contributed by atoms with Crippen molar-refractivity contribution in [1.82, 2.24) is 10.2 Å². The summed E-state index contributed by atoms with van der Waals surface area (Å²) >= 11 is 6.46. The van der Waals surface area contributed by atoms with Crippen LogP contribution in [0.5, 0.6) is 11.5 Å². The van der Waals surface area contributed by atoms with Gasteiger partial charge in [0, 0.05) is 29.0 Å². The number of nitrogens with zero attached hydrogens (tertiary/aromatic N) is 1. The lowest BCUT2D eigenvalue weighted by Crippen LogP contribution is -2.01. The predicted molar refractivity (Wildman–Crippen MR) is 116 cm³/mol. The number of phenols is 1. The number of fused-ring (bicyclic) bond motifs is 1. The molecule has 4 aromatic rings. The van der Waals surface area contributed by atoms with E-state index in [1.807, 2.05) is 18.2 Å². The highest BCUT2D eigenvalue weighted by Gasteiger charge is 2.14. The molecule has 0 aliphatic rings. The first kappa shape index (κ1) is 21.6. The van der Waals surface area contributed by atoms with E-state index in [9.17, 15) is 18.7 Å². The van der Waals surface area contributed by atoms with Gasteiger partial charge in [-0.2, -0.15) is 13.9 Å². The lowest BCUT2D eigenvalue weighted by Gasteiger charge is -2.10. The SMILES string of the molecule is O=C(O)CCc1n[nH]c2cc(Cl)c(-c3ccc(-c4ccc(OC(F)F)cc4O)cc3)cc12. The van der Waals surface area contributed by atoms with Crippen LogP contribution in [0.2, 0.25) is 5.02 Å². The molecule has 6 nitrogen and oxygen atoms in total. The van der Waals surface area contributed by atoms with Crippen LogP contribution in [0.4, 0.5) is 8.78 Å². The van der Waals surface area contributed by atoms with E-state index in [0.29, 0.717) is 33.8 Å². The molecule has 0 fully saturated rings. The molecule has 0 aliphatic heterocycles. The zero-order chi connectivity index (χ0) is 22.8. The Morgan fingerprint density at radius 3 is 2.38 bits per heavy atom. The summed E-state index contributed by atoms with van der Waals surface area (Å²) in [7, 11) is 0. The molecule has 4 rings (SSSR count). The van der Waals surface area contributed by atoms with Gasteiger partial charge in [-0.05, 0) is 35.4 Å². The van der Waals surface area contributed by atoms with Crippen molar-refractivity contribution in [3.05, 3.63) is 65.3 Å². The first-order chi connectivity index (χ1) is 15.3. The van der Waals surface area contributed by atoms with Gasteiger partial charge >= 0.3 is 12.6 Å². The van der Waals surface area contributed by atoms with Gasteiger partial charge in [-0.1, -0.05) is 35.9 Å². The van der Waals surface area contributed by atoms with Gasteiger partial charge in [0.25, 0.3) is 0 Å². The third-order valence-electron chi connectivity index (χ3n) is 5.01. The van der Waals surface area contributed by atoms with Crippen LogP contribution < -0.4 is 4.74 Å². The minimum Gasteiger partial charge on any atom is -0.507 e. The Kier molecular flexibility index (Phi) is 5.96. The number of halogens is 3. The number of carboxylic acid groups (broad SMARTS) is 1. The molecular formula is C23H17ClF2N2O4. The number of carbonyl (C=O) groups is 1.